The van der Waals surface area contributed by atoms with Crippen LogP contribution in [0.2, 0.25) is 0 Å². The van der Waals surface area contributed by atoms with E-state index in [-0.39, 0.29) is 5.78 Å². The normalized spacial score (nSPS) is 20.1. The first-order valence-electron chi connectivity index (χ1n) is 12.9. The van der Waals surface area contributed by atoms with Crippen molar-refractivity contribution in [3.8, 4) is 11.5 Å². The van der Waals surface area contributed by atoms with Crippen molar-refractivity contribution in [2.24, 2.45) is 5.92 Å². The Morgan fingerprint density at radius 3 is 1.70 bits per heavy atom. The van der Waals surface area contributed by atoms with E-state index in [0.29, 0.717) is 33.8 Å². The van der Waals surface area contributed by atoms with Crippen molar-refractivity contribution in [2.75, 3.05) is 14.2 Å². The van der Waals surface area contributed by atoms with Gasteiger partial charge in [0.15, 0.2) is 5.78 Å². The number of carbonyl (C=O) groups excluding carboxylic acids is 2. The lowest BCUT2D eigenvalue weighted by molar-refractivity contribution is -0.142. The fourth-order valence-corrected chi connectivity index (χ4v) is 5.66. The molecule has 1 N–H and O–H groups in total. The number of likely N-dealkylation sites (tertiary alicyclic amines) is 1. The molecule has 0 saturated carbocycles. The van der Waals surface area contributed by atoms with Crippen LogP contribution in [-0.4, -0.2) is 47.9 Å². The molecule has 1 aliphatic heterocycles. The van der Waals surface area contributed by atoms with Gasteiger partial charge in [-0.05, 0) is 59.7 Å². The monoisotopic (exact) mass is 535 g/mol. The SMILES string of the molecule is COc1ccc(C(=O)C2C(c3ccccc3)C(C(=O)O)N(C(=O)c3ccccc3)C2c2ccc(OC)cc2)cc1. The minimum atomic E-state index is -1.30. The van der Waals surface area contributed by atoms with Crippen LogP contribution >= 0.6 is 0 Å². The number of rotatable bonds is 8. The summed E-state index contributed by atoms with van der Waals surface area (Å²) in [5.74, 6) is -2.40. The van der Waals surface area contributed by atoms with Crippen molar-refractivity contribution < 1.29 is 29.0 Å². The van der Waals surface area contributed by atoms with Crippen LogP contribution in [0, 0.1) is 5.92 Å². The second-order valence-corrected chi connectivity index (χ2v) is 9.63. The molecule has 0 spiro atoms. The number of benzene rings is 4. The molecular formula is C33H29NO6. The van der Waals surface area contributed by atoms with Gasteiger partial charge in [0.1, 0.15) is 17.5 Å². The van der Waals surface area contributed by atoms with Crippen molar-refractivity contribution in [3.63, 3.8) is 0 Å². The molecule has 1 aliphatic rings. The number of nitrogens with zero attached hydrogens (tertiary/aromatic N) is 1. The lowest BCUT2D eigenvalue weighted by atomic mass is 9.76. The number of hydrogen-bond donors (Lipinski definition) is 1. The Labute approximate surface area is 232 Å². The average molecular weight is 536 g/mol. The van der Waals surface area contributed by atoms with E-state index in [4.69, 9.17) is 9.47 Å². The van der Waals surface area contributed by atoms with Crippen molar-refractivity contribution in [3.05, 3.63) is 131 Å². The predicted octanol–water partition coefficient (Wildman–Crippen LogP) is 5.64. The summed E-state index contributed by atoms with van der Waals surface area (Å²) in [6, 6.07) is 29.3. The second-order valence-electron chi connectivity index (χ2n) is 9.63. The van der Waals surface area contributed by atoms with E-state index in [0.717, 1.165) is 0 Å². The lowest BCUT2D eigenvalue weighted by Gasteiger charge is -2.30. The molecule has 40 heavy (non-hydrogen) atoms. The third-order valence-electron chi connectivity index (χ3n) is 7.49. The first-order chi connectivity index (χ1) is 19.4. The lowest BCUT2D eigenvalue weighted by Crippen LogP contribution is -2.43. The topological polar surface area (TPSA) is 93.1 Å². The largest absolute Gasteiger partial charge is 0.497 e. The van der Waals surface area contributed by atoms with Gasteiger partial charge in [0, 0.05) is 17.0 Å². The minimum Gasteiger partial charge on any atom is -0.497 e. The first kappa shape index (κ1) is 26.7. The van der Waals surface area contributed by atoms with Crippen LogP contribution in [0.25, 0.3) is 0 Å². The van der Waals surface area contributed by atoms with E-state index in [9.17, 15) is 19.5 Å². The van der Waals surface area contributed by atoms with Gasteiger partial charge in [-0.3, -0.25) is 9.59 Å². The molecule has 1 saturated heterocycles. The van der Waals surface area contributed by atoms with Gasteiger partial charge in [0.2, 0.25) is 0 Å². The third-order valence-corrected chi connectivity index (χ3v) is 7.49. The van der Waals surface area contributed by atoms with Gasteiger partial charge in [-0.1, -0.05) is 60.7 Å². The molecular weight excluding hydrogens is 506 g/mol. The van der Waals surface area contributed by atoms with Crippen molar-refractivity contribution in [1.82, 2.24) is 4.90 Å². The van der Waals surface area contributed by atoms with Crippen molar-refractivity contribution in [1.29, 1.82) is 0 Å². The quantitative estimate of drug-likeness (QED) is 0.294. The summed E-state index contributed by atoms with van der Waals surface area (Å²) >= 11 is 0. The molecule has 0 radical (unpaired) electrons. The van der Waals surface area contributed by atoms with Gasteiger partial charge >= 0.3 is 5.97 Å². The molecule has 4 aromatic rings. The number of carboxylic acid groups (broad SMARTS) is 1. The van der Waals surface area contributed by atoms with E-state index in [1.807, 2.05) is 30.3 Å². The molecule has 1 amide bonds. The highest BCUT2D eigenvalue weighted by molar-refractivity contribution is 6.03. The Bertz CT molecular complexity index is 1490. The highest BCUT2D eigenvalue weighted by Gasteiger charge is 2.57. The van der Waals surface area contributed by atoms with Crippen LogP contribution in [0.5, 0.6) is 11.5 Å². The number of ether oxygens (including phenoxy) is 2. The maximum absolute atomic E-state index is 14.4. The minimum absolute atomic E-state index is 0.257. The zero-order valence-corrected chi connectivity index (χ0v) is 22.1. The van der Waals surface area contributed by atoms with Crippen LogP contribution in [0.1, 0.15) is 43.8 Å². The molecule has 7 heteroatoms. The molecule has 0 aromatic heterocycles. The summed E-state index contributed by atoms with van der Waals surface area (Å²) in [4.78, 5) is 43.0. The summed E-state index contributed by atoms with van der Waals surface area (Å²) in [6.07, 6.45) is 0. The molecule has 7 nitrogen and oxygen atoms in total. The molecule has 202 valence electrons. The second kappa shape index (κ2) is 11.5. The molecule has 5 rings (SSSR count). The average Bonchev–Trinajstić information content (AvgIpc) is 3.37. The Hall–Kier alpha value is -4.91. The van der Waals surface area contributed by atoms with Crippen LogP contribution in [-0.2, 0) is 4.79 Å². The van der Waals surface area contributed by atoms with Gasteiger partial charge in [0.25, 0.3) is 5.91 Å². The number of ketones is 1. The molecule has 0 aliphatic carbocycles. The highest BCUT2D eigenvalue weighted by Crippen LogP contribution is 2.52. The fraction of sp³-hybridized carbons (Fsp3) is 0.182. The summed E-state index contributed by atoms with van der Waals surface area (Å²) in [5.41, 5.74) is 2.06. The van der Waals surface area contributed by atoms with E-state index in [1.54, 1.807) is 93.1 Å². The molecule has 0 bridgehead atoms. The van der Waals surface area contributed by atoms with Gasteiger partial charge in [-0.2, -0.15) is 0 Å². The standard InChI is InChI=1S/C33H29NO6/c1-39-25-17-13-22(14-18-25)29-28(31(35)23-15-19-26(40-2)20-16-23)27(21-9-5-3-6-10-21)30(33(37)38)34(29)32(36)24-11-7-4-8-12-24/h3-20,27-30H,1-2H3,(H,37,38). The van der Waals surface area contributed by atoms with Crippen LogP contribution in [0.3, 0.4) is 0 Å². The zero-order valence-electron chi connectivity index (χ0n) is 22.1. The van der Waals surface area contributed by atoms with Gasteiger partial charge < -0.3 is 19.5 Å². The number of carboxylic acids is 1. The Balaban J connectivity index is 1.75. The third kappa shape index (κ3) is 4.94. The molecule has 4 unspecified atom stereocenters. The number of aliphatic carboxylic acids is 1. The van der Waals surface area contributed by atoms with Crippen molar-refractivity contribution >= 4 is 17.7 Å². The number of methoxy groups -OCH3 is 2. The Morgan fingerprint density at radius 2 is 1.18 bits per heavy atom. The van der Waals surface area contributed by atoms with Gasteiger partial charge in [-0.15, -0.1) is 0 Å². The number of hydrogen-bond acceptors (Lipinski definition) is 5. The van der Waals surface area contributed by atoms with E-state index in [2.05, 4.69) is 0 Å². The van der Waals surface area contributed by atoms with Crippen LogP contribution in [0.4, 0.5) is 0 Å². The van der Waals surface area contributed by atoms with Crippen LogP contribution in [0.15, 0.2) is 109 Å². The maximum atomic E-state index is 14.4. The summed E-state index contributed by atoms with van der Waals surface area (Å²) in [7, 11) is 3.10. The van der Waals surface area contributed by atoms with Crippen LogP contribution < -0.4 is 9.47 Å². The maximum Gasteiger partial charge on any atom is 0.327 e. The predicted molar refractivity (Wildman–Crippen MR) is 150 cm³/mol. The zero-order chi connectivity index (χ0) is 28.2. The van der Waals surface area contributed by atoms with Gasteiger partial charge in [-0.25, -0.2) is 4.79 Å². The number of amides is 1. The summed E-state index contributed by atoms with van der Waals surface area (Å²) in [5, 5.41) is 10.7. The number of Topliss-reactive ketones (excluding diaryl/α,β-unsaturated/α-hetero) is 1. The van der Waals surface area contributed by atoms with Gasteiger partial charge in [0.05, 0.1) is 26.2 Å². The van der Waals surface area contributed by atoms with E-state index < -0.39 is 35.8 Å². The molecule has 1 heterocycles. The molecule has 4 atom stereocenters. The van der Waals surface area contributed by atoms with E-state index >= 15 is 0 Å². The first-order valence-corrected chi connectivity index (χ1v) is 12.9. The fourth-order valence-electron chi connectivity index (χ4n) is 5.66. The van der Waals surface area contributed by atoms with Crippen molar-refractivity contribution in [2.45, 2.75) is 18.0 Å². The number of carbonyl (C=O) groups is 3. The van der Waals surface area contributed by atoms with E-state index in [1.165, 1.54) is 4.90 Å². The summed E-state index contributed by atoms with van der Waals surface area (Å²) < 4.78 is 10.6. The highest BCUT2D eigenvalue weighted by atomic mass is 16.5. The Kier molecular flexibility index (Phi) is 7.64. The summed E-state index contributed by atoms with van der Waals surface area (Å²) in [6.45, 7) is 0. The Morgan fingerprint density at radius 1 is 0.650 bits per heavy atom. The smallest absolute Gasteiger partial charge is 0.327 e. The molecule has 1 fully saturated rings. The molecule has 4 aromatic carbocycles.